The van der Waals surface area contributed by atoms with Gasteiger partial charge in [-0.15, -0.1) is 0 Å². The number of ketones is 2. The van der Waals surface area contributed by atoms with Gasteiger partial charge in [0.15, 0.2) is 0 Å². The topological polar surface area (TPSA) is 34.1 Å². The van der Waals surface area contributed by atoms with E-state index in [0.717, 1.165) is 0 Å². The standard InChI is InChI=1S/C13H10O2Se/c14-12(10-4-2-1-3-5-10)8-13(15)11-6-7-16-9-11/h1-7,9H,8H2. The molecule has 0 fully saturated rings. The molecule has 16 heavy (non-hydrogen) atoms. The van der Waals surface area contributed by atoms with Crippen LogP contribution in [0.3, 0.4) is 0 Å². The van der Waals surface area contributed by atoms with Gasteiger partial charge < -0.3 is 0 Å². The molecule has 0 N–H and O–H groups in total. The molecule has 80 valence electrons. The Hall–Kier alpha value is -1.44. The van der Waals surface area contributed by atoms with E-state index >= 15 is 0 Å². The van der Waals surface area contributed by atoms with Crippen molar-refractivity contribution in [2.45, 2.75) is 6.42 Å². The second-order valence-corrected chi connectivity index (χ2v) is 5.04. The van der Waals surface area contributed by atoms with Crippen molar-refractivity contribution in [3.05, 3.63) is 57.4 Å². The van der Waals surface area contributed by atoms with E-state index in [1.165, 1.54) is 0 Å². The zero-order valence-corrected chi connectivity index (χ0v) is 10.3. The van der Waals surface area contributed by atoms with Gasteiger partial charge in [0.1, 0.15) is 0 Å². The van der Waals surface area contributed by atoms with Crippen molar-refractivity contribution in [3.8, 4) is 0 Å². The van der Waals surface area contributed by atoms with E-state index in [1.807, 2.05) is 15.9 Å². The van der Waals surface area contributed by atoms with Crippen LogP contribution >= 0.6 is 0 Å². The monoisotopic (exact) mass is 278 g/mol. The molecule has 1 aromatic carbocycles. The first-order valence-corrected chi connectivity index (χ1v) is 6.89. The van der Waals surface area contributed by atoms with Gasteiger partial charge in [0, 0.05) is 0 Å². The van der Waals surface area contributed by atoms with E-state index in [-0.39, 0.29) is 18.0 Å². The molecule has 2 aromatic rings. The number of carbonyl (C=O) groups is 2. The van der Waals surface area contributed by atoms with Crippen LogP contribution in [-0.4, -0.2) is 26.1 Å². The fraction of sp³-hybridized carbons (Fsp3) is 0.0769. The van der Waals surface area contributed by atoms with Gasteiger partial charge in [0.25, 0.3) is 0 Å². The first kappa shape index (κ1) is 11.1. The molecule has 0 radical (unpaired) electrons. The van der Waals surface area contributed by atoms with Crippen LogP contribution in [0.1, 0.15) is 27.1 Å². The van der Waals surface area contributed by atoms with Crippen LogP contribution in [0.5, 0.6) is 0 Å². The first-order valence-electron chi connectivity index (χ1n) is 4.91. The number of carbonyl (C=O) groups excluding carboxylic acids is 2. The second kappa shape index (κ2) is 5.06. The zero-order chi connectivity index (χ0) is 11.4. The Balaban J connectivity index is 2.06. The minimum absolute atomic E-state index is 0.0315. The molecule has 0 aliphatic rings. The Morgan fingerprint density at radius 2 is 1.62 bits per heavy atom. The van der Waals surface area contributed by atoms with Crippen LogP contribution in [-0.2, 0) is 0 Å². The molecule has 2 nitrogen and oxygen atoms in total. The van der Waals surface area contributed by atoms with Gasteiger partial charge >= 0.3 is 99.5 Å². The van der Waals surface area contributed by atoms with Crippen molar-refractivity contribution in [1.82, 2.24) is 0 Å². The predicted octanol–water partition coefficient (Wildman–Crippen LogP) is 2.20. The summed E-state index contributed by atoms with van der Waals surface area (Å²) in [6.07, 6.45) is -0.0315. The van der Waals surface area contributed by atoms with E-state index in [2.05, 4.69) is 0 Å². The number of rotatable bonds is 4. The molecule has 2 rings (SSSR count). The Morgan fingerprint density at radius 1 is 0.938 bits per heavy atom. The Kier molecular flexibility index (Phi) is 3.50. The summed E-state index contributed by atoms with van der Waals surface area (Å²) >= 11 is 0.292. The van der Waals surface area contributed by atoms with Crippen LogP contribution in [0.25, 0.3) is 0 Å². The Labute approximate surface area is 99.7 Å². The molecule has 1 aromatic heterocycles. The average Bonchev–Trinajstić information content (AvgIpc) is 2.83. The van der Waals surface area contributed by atoms with Crippen molar-refractivity contribution in [2.24, 2.45) is 0 Å². The summed E-state index contributed by atoms with van der Waals surface area (Å²) in [5, 5.41) is 0. The van der Waals surface area contributed by atoms with Crippen molar-refractivity contribution in [3.63, 3.8) is 0 Å². The maximum absolute atomic E-state index is 11.7. The van der Waals surface area contributed by atoms with Crippen molar-refractivity contribution in [1.29, 1.82) is 0 Å². The molecule has 0 saturated carbocycles. The molecule has 0 saturated heterocycles. The molecule has 1 heterocycles. The predicted molar refractivity (Wildman–Crippen MR) is 63.1 cm³/mol. The van der Waals surface area contributed by atoms with E-state index in [0.29, 0.717) is 25.6 Å². The third kappa shape index (κ3) is 2.57. The molecule has 0 aliphatic heterocycles. The molecule has 0 bridgehead atoms. The number of hydrogen-bond donors (Lipinski definition) is 0. The number of hydrogen-bond acceptors (Lipinski definition) is 2. The minimum atomic E-state index is -0.112. The summed E-state index contributed by atoms with van der Waals surface area (Å²) in [6, 6.07) is 10.7. The van der Waals surface area contributed by atoms with Crippen LogP contribution in [0.2, 0.25) is 0 Å². The summed E-state index contributed by atoms with van der Waals surface area (Å²) < 4.78 is 0. The summed E-state index contributed by atoms with van der Waals surface area (Å²) in [5.74, 6) is -0.191. The Bertz CT molecular complexity index is 486. The van der Waals surface area contributed by atoms with Gasteiger partial charge in [-0.05, 0) is 0 Å². The molecular weight excluding hydrogens is 267 g/mol. The van der Waals surface area contributed by atoms with Gasteiger partial charge in [-0.1, -0.05) is 0 Å². The summed E-state index contributed by atoms with van der Waals surface area (Å²) in [7, 11) is 0. The fourth-order valence-electron chi connectivity index (χ4n) is 1.40. The quantitative estimate of drug-likeness (QED) is 0.488. The van der Waals surface area contributed by atoms with Gasteiger partial charge in [-0.3, -0.25) is 0 Å². The molecule has 0 amide bonds. The van der Waals surface area contributed by atoms with Crippen molar-refractivity contribution < 1.29 is 9.59 Å². The van der Waals surface area contributed by atoms with Crippen molar-refractivity contribution in [2.75, 3.05) is 0 Å². The van der Waals surface area contributed by atoms with Gasteiger partial charge in [-0.25, -0.2) is 0 Å². The van der Waals surface area contributed by atoms with E-state index in [1.54, 1.807) is 30.3 Å². The molecule has 0 spiro atoms. The van der Waals surface area contributed by atoms with Gasteiger partial charge in [-0.2, -0.15) is 0 Å². The Morgan fingerprint density at radius 3 is 2.25 bits per heavy atom. The van der Waals surface area contributed by atoms with Gasteiger partial charge in [0.05, 0.1) is 0 Å². The van der Waals surface area contributed by atoms with Crippen LogP contribution in [0, 0.1) is 0 Å². The number of benzene rings is 1. The van der Waals surface area contributed by atoms with Crippen molar-refractivity contribution >= 4 is 26.1 Å². The summed E-state index contributed by atoms with van der Waals surface area (Å²) in [6.45, 7) is 0. The number of Topliss-reactive ketones (excluding diaryl/α,β-unsaturated/α-hetero) is 2. The van der Waals surface area contributed by atoms with E-state index < -0.39 is 0 Å². The third-order valence-corrected chi connectivity index (χ3v) is 3.69. The SMILES string of the molecule is O=C(CC(=O)c1cc[se]c1)c1ccccc1. The fourth-order valence-corrected chi connectivity index (χ4v) is 2.78. The first-order chi connectivity index (χ1) is 7.77. The van der Waals surface area contributed by atoms with Crippen LogP contribution in [0.15, 0.2) is 46.3 Å². The summed E-state index contributed by atoms with van der Waals surface area (Å²) in [5.41, 5.74) is 1.29. The summed E-state index contributed by atoms with van der Waals surface area (Å²) in [4.78, 5) is 27.3. The zero-order valence-electron chi connectivity index (χ0n) is 8.55. The van der Waals surface area contributed by atoms with E-state index in [9.17, 15) is 9.59 Å². The maximum atomic E-state index is 11.7. The normalized spacial score (nSPS) is 10.0. The molecule has 0 unspecified atom stereocenters. The van der Waals surface area contributed by atoms with Gasteiger partial charge in [0.2, 0.25) is 0 Å². The van der Waals surface area contributed by atoms with E-state index in [4.69, 9.17) is 0 Å². The molecule has 3 heteroatoms. The third-order valence-electron chi connectivity index (χ3n) is 2.26. The molecule has 0 atom stereocenters. The van der Waals surface area contributed by atoms with Crippen LogP contribution < -0.4 is 0 Å². The molecular formula is C13H10O2Se. The average molecular weight is 277 g/mol. The second-order valence-electron chi connectivity index (χ2n) is 3.40. The molecule has 0 aliphatic carbocycles. The van der Waals surface area contributed by atoms with Crippen LogP contribution in [0.4, 0.5) is 0 Å².